The summed E-state index contributed by atoms with van der Waals surface area (Å²) in [6, 6.07) is 20.0. The van der Waals surface area contributed by atoms with Crippen molar-refractivity contribution in [2.75, 3.05) is 40.4 Å². The number of ether oxygens (including phenoxy) is 2. The molecule has 0 aliphatic carbocycles. The first-order chi connectivity index (χ1) is 33.1. The average Bonchev–Trinajstić information content (AvgIpc) is 3.32. The number of hydrogen-bond acceptors (Lipinski definition) is 12. The normalized spacial score (nSPS) is 12.0. The Balaban J connectivity index is 1.28. The SMILES string of the molecule is CCOc1cc(CCl)ccc1NC(=O)c1ccc(Cl)c(N=NC(C(C)=O)C(=O)Nc2ccc(NC(=O)C(N=Nc3cc(C(=O)Nc4ccc(CCl)cc4OCC)ccc3Cl)C(C)=O)c(CCCl)c2)c1. The Morgan fingerprint density at radius 2 is 1.00 bits per heavy atom. The van der Waals surface area contributed by atoms with Crippen LogP contribution in [0.4, 0.5) is 34.1 Å². The molecular weight excluding hydrogens is 994 g/mol. The van der Waals surface area contributed by atoms with Gasteiger partial charge in [0.05, 0.1) is 34.6 Å². The van der Waals surface area contributed by atoms with Crippen LogP contribution in [0.3, 0.4) is 0 Å². The number of ketones is 2. The molecule has 5 rings (SSSR count). The molecule has 16 nitrogen and oxygen atoms in total. The monoisotopic (exact) mass is 1040 g/mol. The fourth-order valence-electron chi connectivity index (χ4n) is 6.30. The lowest BCUT2D eigenvalue weighted by atomic mass is 10.1. The molecule has 0 saturated carbocycles. The van der Waals surface area contributed by atoms with Crippen LogP contribution >= 0.6 is 58.0 Å². The summed E-state index contributed by atoms with van der Waals surface area (Å²) in [5.41, 5.74) is 3.65. The molecule has 0 radical (unpaired) electrons. The summed E-state index contributed by atoms with van der Waals surface area (Å²) in [6.07, 6.45) is 0.199. The molecule has 2 atom stereocenters. The molecule has 0 spiro atoms. The maximum atomic E-state index is 13.6. The van der Waals surface area contributed by atoms with Gasteiger partial charge < -0.3 is 30.7 Å². The Kier molecular flexibility index (Phi) is 20.0. The van der Waals surface area contributed by atoms with Gasteiger partial charge in [0.15, 0.2) is 11.6 Å². The number of nitrogens with one attached hydrogen (secondary N) is 4. The van der Waals surface area contributed by atoms with E-state index in [0.717, 1.165) is 25.0 Å². The van der Waals surface area contributed by atoms with Crippen molar-refractivity contribution >= 4 is 127 Å². The smallest absolute Gasteiger partial charge is 0.258 e. The third kappa shape index (κ3) is 14.8. The Morgan fingerprint density at radius 1 is 0.551 bits per heavy atom. The van der Waals surface area contributed by atoms with Gasteiger partial charge in [0.25, 0.3) is 23.6 Å². The van der Waals surface area contributed by atoms with E-state index >= 15 is 0 Å². The summed E-state index contributed by atoms with van der Waals surface area (Å²) in [5.74, 6) is -2.57. The molecule has 0 aliphatic rings. The van der Waals surface area contributed by atoms with Gasteiger partial charge in [0.1, 0.15) is 22.9 Å². The molecule has 2 unspecified atom stereocenters. The van der Waals surface area contributed by atoms with E-state index in [1.165, 1.54) is 54.6 Å². The van der Waals surface area contributed by atoms with Crippen LogP contribution < -0.4 is 30.7 Å². The van der Waals surface area contributed by atoms with Gasteiger partial charge in [-0.05, 0) is 130 Å². The number of amides is 4. The fourth-order valence-corrected chi connectivity index (χ4v) is 7.14. The number of hydrogen-bond donors (Lipinski definition) is 4. The molecular formula is C48H45Cl5N8O8. The zero-order chi connectivity index (χ0) is 50.2. The molecule has 21 heteroatoms. The average molecular weight is 1040 g/mol. The Morgan fingerprint density at radius 3 is 1.42 bits per heavy atom. The quantitative estimate of drug-likeness (QED) is 0.0296. The van der Waals surface area contributed by atoms with Crippen LogP contribution in [0.5, 0.6) is 11.5 Å². The van der Waals surface area contributed by atoms with E-state index < -0.39 is 47.3 Å². The molecule has 360 valence electrons. The van der Waals surface area contributed by atoms with Crippen molar-refractivity contribution in [3.05, 3.63) is 129 Å². The van der Waals surface area contributed by atoms with Crippen molar-refractivity contribution in [1.29, 1.82) is 0 Å². The molecule has 5 aromatic carbocycles. The van der Waals surface area contributed by atoms with Crippen molar-refractivity contribution in [2.45, 2.75) is 58.0 Å². The molecule has 4 amide bonds. The fraction of sp³-hybridized carbons (Fsp3) is 0.250. The number of alkyl halides is 3. The number of azo groups is 2. The Hall–Kier alpha value is -6.43. The first kappa shape index (κ1) is 53.5. The number of nitrogens with zero attached hydrogens (tertiary/aromatic N) is 4. The zero-order valence-electron chi connectivity index (χ0n) is 37.5. The third-order valence-corrected chi connectivity index (χ3v) is 11.2. The van der Waals surface area contributed by atoms with Crippen LogP contribution in [0, 0.1) is 0 Å². The van der Waals surface area contributed by atoms with E-state index in [-0.39, 0.29) is 68.0 Å². The highest BCUT2D eigenvalue weighted by Gasteiger charge is 2.26. The number of halogens is 5. The van der Waals surface area contributed by atoms with Crippen molar-refractivity contribution < 1.29 is 38.2 Å². The number of carbonyl (C=O) groups excluding carboxylic acids is 6. The first-order valence-corrected chi connectivity index (χ1v) is 23.4. The molecule has 5 aromatic rings. The van der Waals surface area contributed by atoms with Crippen LogP contribution in [-0.2, 0) is 37.4 Å². The van der Waals surface area contributed by atoms with E-state index in [1.807, 2.05) is 6.92 Å². The minimum Gasteiger partial charge on any atom is -0.492 e. The zero-order valence-corrected chi connectivity index (χ0v) is 41.3. The standard InChI is InChI=1S/C48H45Cl5N8O8/c1-5-68-41-19-28(24-50)7-14-37(41)56-45(64)31-9-12-34(52)39(22-31)58-60-43(26(3)62)47(66)54-33-11-16-36(30(21-33)17-18-49)55-48(67)44(27(4)63)61-59-40-23-32(10-13-35(40)53)46(65)57-38-15-8-29(25-51)20-42(38)69-6-2/h7-16,19-23,43-44H,5-6,17-18,24-25H2,1-4H3,(H,54,66)(H,55,67)(H,56,64)(H,57,65). The van der Waals surface area contributed by atoms with Crippen molar-refractivity contribution in [2.24, 2.45) is 20.5 Å². The molecule has 4 N–H and O–H groups in total. The second-order valence-electron chi connectivity index (χ2n) is 14.8. The van der Waals surface area contributed by atoms with Gasteiger partial charge in [0.2, 0.25) is 12.1 Å². The van der Waals surface area contributed by atoms with Gasteiger partial charge in [-0.25, -0.2) is 0 Å². The summed E-state index contributed by atoms with van der Waals surface area (Å²) < 4.78 is 11.3. The van der Waals surface area contributed by atoms with Gasteiger partial charge in [-0.1, -0.05) is 35.3 Å². The third-order valence-electron chi connectivity index (χ3n) is 9.74. The summed E-state index contributed by atoms with van der Waals surface area (Å²) in [6.45, 7) is 6.63. The highest BCUT2D eigenvalue weighted by molar-refractivity contribution is 6.33. The maximum Gasteiger partial charge on any atom is 0.258 e. The number of carbonyl (C=O) groups is 6. The van der Waals surface area contributed by atoms with Crippen LogP contribution in [0.2, 0.25) is 10.0 Å². The van der Waals surface area contributed by atoms with E-state index in [2.05, 4.69) is 41.7 Å². The van der Waals surface area contributed by atoms with Gasteiger partial charge in [-0.2, -0.15) is 20.5 Å². The second kappa shape index (κ2) is 25.8. The number of rotatable bonds is 22. The predicted octanol–water partition coefficient (Wildman–Crippen LogP) is 11.9. The van der Waals surface area contributed by atoms with E-state index in [4.69, 9.17) is 67.5 Å². The minimum atomic E-state index is -1.64. The van der Waals surface area contributed by atoms with Crippen LogP contribution in [0.15, 0.2) is 111 Å². The molecule has 0 heterocycles. The van der Waals surface area contributed by atoms with E-state index in [1.54, 1.807) is 43.3 Å². The summed E-state index contributed by atoms with van der Waals surface area (Å²) in [4.78, 5) is 79.0. The first-order valence-electron chi connectivity index (χ1n) is 21.1. The van der Waals surface area contributed by atoms with Gasteiger partial charge >= 0.3 is 0 Å². The van der Waals surface area contributed by atoms with Gasteiger partial charge in [-0.3, -0.25) is 28.8 Å². The molecule has 0 fully saturated rings. The van der Waals surface area contributed by atoms with Gasteiger partial charge in [0, 0.05) is 40.1 Å². The van der Waals surface area contributed by atoms with E-state index in [0.29, 0.717) is 41.7 Å². The minimum absolute atomic E-state index is 0.0128. The highest BCUT2D eigenvalue weighted by Crippen LogP contribution is 2.32. The summed E-state index contributed by atoms with van der Waals surface area (Å²) in [5, 5.41) is 27.2. The number of benzene rings is 5. The lowest BCUT2D eigenvalue weighted by Gasteiger charge is -2.16. The second-order valence-corrected chi connectivity index (χ2v) is 16.5. The Labute approximate surface area is 422 Å². The van der Waals surface area contributed by atoms with Crippen LogP contribution in [0.25, 0.3) is 0 Å². The molecule has 69 heavy (non-hydrogen) atoms. The van der Waals surface area contributed by atoms with Crippen LogP contribution in [0.1, 0.15) is 65.1 Å². The van der Waals surface area contributed by atoms with Crippen LogP contribution in [-0.4, -0.2) is 66.4 Å². The summed E-state index contributed by atoms with van der Waals surface area (Å²) >= 11 is 30.8. The van der Waals surface area contributed by atoms with Crippen molar-refractivity contribution in [1.82, 2.24) is 0 Å². The maximum absolute atomic E-state index is 13.6. The molecule has 0 aromatic heterocycles. The summed E-state index contributed by atoms with van der Waals surface area (Å²) in [7, 11) is 0. The number of Topliss-reactive ketones (excluding diaryl/α,β-unsaturated/α-hetero) is 2. The number of anilines is 4. The molecule has 0 saturated heterocycles. The van der Waals surface area contributed by atoms with E-state index in [9.17, 15) is 28.8 Å². The lowest BCUT2D eigenvalue weighted by molar-refractivity contribution is -0.127. The molecule has 0 bridgehead atoms. The van der Waals surface area contributed by atoms with Crippen molar-refractivity contribution in [3.8, 4) is 11.5 Å². The Bertz CT molecular complexity index is 2810. The topological polar surface area (TPSA) is 218 Å². The predicted molar refractivity (Wildman–Crippen MR) is 269 cm³/mol. The van der Waals surface area contributed by atoms with Gasteiger partial charge in [-0.15, -0.1) is 34.8 Å². The number of aryl methyl sites for hydroxylation is 1. The highest BCUT2D eigenvalue weighted by atomic mass is 35.5. The van der Waals surface area contributed by atoms with Crippen molar-refractivity contribution in [3.63, 3.8) is 0 Å². The largest absolute Gasteiger partial charge is 0.492 e. The molecule has 0 aliphatic heterocycles. The lowest BCUT2D eigenvalue weighted by Crippen LogP contribution is -2.32.